The zero-order chi connectivity index (χ0) is 12.1. The van der Waals surface area contributed by atoms with E-state index < -0.39 is 15.6 Å². The molecule has 0 rings (SSSR count). The van der Waals surface area contributed by atoms with Crippen molar-refractivity contribution >= 4 is 10.3 Å². The topological polar surface area (TPSA) is 89.4 Å². The van der Waals surface area contributed by atoms with Crippen LogP contribution >= 0.6 is 0 Å². The molecule has 0 radical (unpaired) electrons. The molecule has 1 unspecified atom stereocenters. The fourth-order valence-electron chi connectivity index (χ4n) is 0.738. The summed E-state index contributed by atoms with van der Waals surface area (Å²) in [6.07, 6.45) is 0. The quantitative estimate of drug-likeness (QED) is 0.496. The van der Waals surface area contributed by atoms with Crippen molar-refractivity contribution < 1.29 is 18.0 Å². The predicted octanol–water partition coefficient (Wildman–Crippen LogP) is -2.13. The average molecular weight is 242 g/mol. The van der Waals surface area contributed by atoms with Crippen molar-refractivity contribution in [3.63, 3.8) is 0 Å². The average Bonchev–Trinajstić information content (AvgIpc) is 2.16. The molecule has 2 N–H and O–H groups in total. The van der Waals surface area contributed by atoms with Gasteiger partial charge < -0.3 is 5.21 Å². The van der Waals surface area contributed by atoms with Crippen LogP contribution in [-0.2, 0) is 14.6 Å². The molecule has 0 aliphatic rings. The first kappa shape index (κ1) is 14.7. The van der Waals surface area contributed by atoms with Crippen LogP contribution in [-0.4, -0.2) is 44.9 Å². The Bertz CT molecular complexity index is 264. The summed E-state index contributed by atoms with van der Waals surface area (Å²) in [6, 6.07) is 0. The second-order valence-electron chi connectivity index (χ2n) is 2.90. The molecular weight excluding hydrogens is 224 g/mol. The summed E-state index contributed by atoms with van der Waals surface area (Å²) in [6.45, 7) is 4.52. The highest BCUT2D eigenvalue weighted by Crippen LogP contribution is 1.90. The number of hydrogen-bond donors (Lipinski definition) is 2. The van der Waals surface area contributed by atoms with Crippen LogP contribution in [0.3, 0.4) is 0 Å². The van der Waals surface area contributed by atoms with Crippen molar-refractivity contribution in [1.82, 2.24) is 14.9 Å². The Labute approximate surface area is 90.1 Å². The number of quaternary nitrogens is 1. The van der Waals surface area contributed by atoms with E-state index in [0.717, 1.165) is 4.31 Å². The van der Waals surface area contributed by atoms with Crippen LogP contribution in [0.25, 0.3) is 0 Å². The third-order valence-electron chi connectivity index (χ3n) is 1.73. The molecule has 0 amide bonds. The van der Waals surface area contributed by atoms with E-state index in [2.05, 4.69) is 4.28 Å². The summed E-state index contributed by atoms with van der Waals surface area (Å²) in [5, 5.41) is 12.1. The van der Waals surface area contributed by atoms with Gasteiger partial charge in [-0.3, -0.25) is 0 Å². The molecule has 0 heterocycles. The first-order valence-electron chi connectivity index (χ1n) is 4.51. The lowest BCUT2D eigenvalue weighted by Crippen LogP contribution is -3.20. The highest BCUT2D eigenvalue weighted by Gasteiger charge is 2.17. The molecule has 0 bridgehead atoms. The van der Waals surface area contributed by atoms with Crippen LogP contribution in [0.5, 0.6) is 0 Å². The van der Waals surface area contributed by atoms with Crippen molar-refractivity contribution in [2.45, 2.75) is 13.8 Å². The first-order chi connectivity index (χ1) is 6.85. The Morgan fingerprint density at radius 3 is 2.13 bits per heavy atom. The Morgan fingerprint density at radius 1 is 1.33 bits per heavy atom. The molecule has 0 aliphatic heterocycles. The van der Waals surface area contributed by atoms with Gasteiger partial charge in [0, 0.05) is 27.2 Å². The Hall–Kier alpha value is -0.290. The third-order valence-corrected chi connectivity index (χ3v) is 2.92. The third kappa shape index (κ3) is 4.84. The van der Waals surface area contributed by atoms with Gasteiger partial charge in [-0.15, -0.1) is 9.29 Å². The molecule has 92 valence electrons. The van der Waals surface area contributed by atoms with Crippen LogP contribution in [0.15, 0.2) is 0 Å². The van der Waals surface area contributed by atoms with E-state index in [0.29, 0.717) is 13.1 Å². The molecule has 0 spiro atoms. The molecule has 0 aliphatic carbocycles. The molecule has 0 saturated heterocycles. The van der Waals surface area contributed by atoms with E-state index in [1.54, 1.807) is 13.8 Å². The summed E-state index contributed by atoms with van der Waals surface area (Å²) < 4.78 is 27.4. The largest absolute Gasteiger partial charge is 0.591 e. The predicted molar refractivity (Wildman–Crippen MR) is 54.1 cm³/mol. The maximum Gasteiger partial charge on any atom is 0.358 e. The number of rotatable bonds is 7. The highest BCUT2D eigenvalue weighted by molar-refractivity contribution is 7.84. The minimum Gasteiger partial charge on any atom is -0.591 e. The second-order valence-corrected chi connectivity index (χ2v) is 4.66. The highest BCUT2D eigenvalue weighted by atomic mass is 32.2. The lowest BCUT2D eigenvalue weighted by atomic mass is 10.6. The van der Waals surface area contributed by atoms with E-state index in [9.17, 15) is 13.6 Å². The van der Waals surface area contributed by atoms with E-state index in [-0.39, 0.29) is 0 Å². The van der Waals surface area contributed by atoms with E-state index in [1.165, 1.54) is 19.1 Å². The lowest BCUT2D eigenvalue weighted by molar-refractivity contribution is -1.03. The SMILES string of the molecule is CCN(CC)[NH+]([O-])NOS(=O)(=O)N(C)C. The van der Waals surface area contributed by atoms with Gasteiger partial charge >= 0.3 is 10.3 Å². The van der Waals surface area contributed by atoms with Crippen LogP contribution in [0.1, 0.15) is 13.8 Å². The lowest BCUT2D eigenvalue weighted by Gasteiger charge is -2.30. The summed E-state index contributed by atoms with van der Waals surface area (Å²) in [7, 11) is -1.26. The van der Waals surface area contributed by atoms with Crippen molar-refractivity contribution in [2.24, 2.45) is 0 Å². The Morgan fingerprint density at radius 2 is 1.80 bits per heavy atom. The fraction of sp³-hybridized carbons (Fsp3) is 1.00. The molecular formula is C6H18N4O4S. The number of nitrogens with zero attached hydrogens (tertiary/aromatic N) is 2. The minimum absolute atomic E-state index is 0.480. The Balaban J connectivity index is 4.16. The van der Waals surface area contributed by atoms with Gasteiger partial charge in [0.05, 0.1) is 0 Å². The molecule has 15 heavy (non-hydrogen) atoms. The molecule has 8 nitrogen and oxygen atoms in total. The van der Waals surface area contributed by atoms with Gasteiger partial charge in [-0.2, -0.15) is 18.0 Å². The smallest absolute Gasteiger partial charge is 0.358 e. The molecule has 0 aromatic carbocycles. The molecule has 0 saturated carbocycles. The van der Waals surface area contributed by atoms with Crippen molar-refractivity contribution in [2.75, 3.05) is 27.2 Å². The summed E-state index contributed by atoms with van der Waals surface area (Å²) in [5.41, 5.74) is 1.86. The minimum atomic E-state index is -3.87. The molecule has 0 aromatic rings. The van der Waals surface area contributed by atoms with E-state index in [1.807, 2.05) is 5.59 Å². The van der Waals surface area contributed by atoms with Gasteiger partial charge in [0.25, 0.3) is 0 Å². The fourth-order valence-corrected chi connectivity index (χ4v) is 1.06. The standard InChI is InChI=1S/C6H18N4O4S/c1-5-9(6-2)10(11)7-14-15(12,13)8(3)4/h7,10H,5-6H2,1-4H3. The number of hydrogen-bond acceptors (Lipinski definition) is 6. The van der Waals surface area contributed by atoms with Gasteiger partial charge in [-0.05, 0) is 19.4 Å². The maximum absolute atomic E-state index is 11.3. The second kappa shape index (κ2) is 6.33. The zero-order valence-corrected chi connectivity index (χ0v) is 10.2. The van der Waals surface area contributed by atoms with Gasteiger partial charge in [-0.25, -0.2) is 0 Å². The summed E-state index contributed by atoms with van der Waals surface area (Å²) in [4.78, 5) is 0. The van der Waals surface area contributed by atoms with Crippen molar-refractivity contribution in [3.8, 4) is 0 Å². The molecule has 9 heteroatoms. The molecule has 0 fully saturated rings. The Kier molecular flexibility index (Phi) is 6.20. The summed E-state index contributed by atoms with van der Waals surface area (Å²) in [5.74, 6) is 0. The van der Waals surface area contributed by atoms with Gasteiger partial charge in [-0.1, -0.05) is 0 Å². The maximum atomic E-state index is 11.3. The van der Waals surface area contributed by atoms with Crippen LogP contribution < -0.4 is 10.9 Å². The normalized spacial score (nSPS) is 14.9. The van der Waals surface area contributed by atoms with E-state index >= 15 is 0 Å². The monoisotopic (exact) mass is 242 g/mol. The number of nitrogens with one attached hydrogen (secondary N) is 2. The van der Waals surface area contributed by atoms with Gasteiger partial charge in [0.2, 0.25) is 0 Å². The van der Waals surface area contributed by atoms with Crippen LogP contribution in [0.2, 0.25) is 0 Å². The zero-order valence-electron chi connectivity index (χ0n) is 9.35. The van der Waals surface area contributed by atoms with Crippen LogP contribution in [0, 0.1) is 5.21 Å². The van der Waals surface area contributed by atoms with Crippen LogP contribution in [0.4, 0.5) is 0 Å². The first-order valence-corrected chi connectivity index (χ1v) is 5.87. The van der Waals surface area contributed by atoms with Gasteiger partial charge in [0.15, 0.2) is 0 Å². The summed E-state index contributed by atoms with van der Waals surface area (Å²) >= 11 is 0. The van der Waals surface area contributed by atoms with Crippen molar-refractivity contribution in [3.05, 3.63) is 5.21 Å². The molecule has 1 atom stereocenters. The van der Waals surface area contributed by atoms with Gasteiger partial charge in [0.1, 0.15) is 0 Å². The molecule has 0 aromatic heterocycles. The van der Waals surface area contributed by atoms with E-state index in [4.69, 9.17) is 0 Å². The van der Waals surface area contributed by atoms with Crippen molar-refractivity contribution in [1.29, 1.82) is 0 Å².